The predicted molar refractivity (Wildman–Crippen MR) is 51.5 cm³/mol. The number of aryl methyl sites for hydroxylation is 1. The molecule has 0 saturated carbocycles. The summed E-state index contributed by atoms with van der Waals surface area (Å²) in [6.07, 6.45) is 0. The normalized spacial score (nSPS) is 12.5. The van der Waals surface area contributed by atoms with Gasteiger partial charge >= 0.3 is 0 Å². The van der Waals surface area contributed by atoms with Gasteiger partial charge in [-0.05, 0) is 12.5 Å². The van der Waals surface area contributed by atoms with Gasteiger partial charge in [0.25, 0.3) is 0 Å². The summed E-state index contributed by atoms with van der Waals surface area (Å²) >= 11 is 0. The maximum atomic E-state index is 10.3. The molecule has 0 spiro atoms. The van der Waals surface area contributed by atoms with Crippen LogP contribution in [0.15, 0.2) is 24.3 Å². The van der Waals surface area contributed by atoms with Gasteiger partial charge in [0.05, 0.1) is 0 Å². The molecule has 0 aromatic heterocycles. The second kappa shape index (κ2) is 4.03. The highest BCUT2D eigenvalue weighted by Crippen LogP contribution is 2.15. The van der Waals surface area contributed by atoms with E-state index in [-0.39, 0.29) is 17.4 Å². The van der Waals surface area contributed by atoms with E-state index in [1.54, 1.807) is 0 Å². The van der Waals surface area contributed by atoms with Gasteiger partial charge in [0, 0.05) is 10.8 Å². The Morgan fingerprint density at radius 1 is 1.38 bits per heavy atom. The van der Waals surface area contributed by atoms with Gasteiger partial charge in [0.2, 0.25) is 6.54 Å². The number of nitrogens with zero attached hydrogens (tertiary/aromatic N) is 1. The summed E-state index contributed by atoms with van der Waals surface area (Å²) in [6, 6.07) is 7.85. The lowest BCUT2D eigenvalue weighted by Crippen LogP contribution is -2.09. The number of rotatable bonds is 3. The third-order valence-corrected chi connectivity index (χ3v) is 2.07. The molecule has 0 radical (unpaired) electrons. The van der Waals surface area contributed by atoms with Gasteiger partial charge in [0.15, 0.2) is 0 Å². The van der Waals surface area contributed by atoms with Gasteiger partial charge < -0.3 is 0 Å². The second-order valence-corrected chi connectivity index (χ2v) is 3.33. The van der Waals surface area contributed by atoms with E-state index in [1.165, 1.54) is 5.56 Å². The van der Waals surface area contributed by atoms with Crippen molar-refractivity contribution in [3.8, 4) is 0 Å². The van der Waals surface area contributed by atoms with Crippen molar-refractivity contribution in [2.24, 2.45) is 0 Å². The molecule has 1 rings (SSSR count). The van der Waals surface area contributed by atoms with Crippen molar-refractivity contribution in [1.29, 1.82) is 0 Å². The van der Waals surface area contributed by atoms with Crippen LogP contribution in [0.2, 0.25) is 0 Å². The third-order valence-electron chi connectivity index (χ3n) is 2.07. The molecule has 0 saturated heterocycles. The van der Waals surface area contributed by atoms with Gasteiger partial charge in [0.1, 0.15) is 0 Å². The van der Waals surface area contributed by atoms with Crippen LogP contribution < -0.4 is 0 Å². The third kappa shape index (κ3) is 2.86. The van der Waals surface area contributed by atoms with E-state index in [4.69, 9.17) is 0 Å². The molecule has 0 heterocycles. The first kappa shape index (κ1) is 9.71. The summed E-state index contributed by atoms with van der Waals surface area (Å²) in [4.78, 5) is 9.98. The number of hydrogen-bond acceptors (Lipinski definition) is 2. The first-order valence-corrected chi connectivity index (χ1v) is 4.28. The van der Waals surface area contributed by atoms with Gasteiger partial charge in [-0.2, -0.15) is 0 Å². The molecule has 1 aromatic carbocycles. The minimum Gasteiger partial charge on any atom is -0.265 e. The Hall–Kier alpha value is -1.38. The van der Waals surface area contributed by atoms with Crippen molar-refractivity contribution in [2.45, 2.75) is 19.8 Å². The minimum atomic E-state index is -0.273. The predicted octanol–water partition coefficient (Wildman–Crippen LogP) is 2.38. The van der Waals surface area contributed by atoms with Crippen molar-refractivity contribution in [3.63, 3.8) is 0 Å². The molecule has 0 amide bonds. The molecule has 0 N–H and O–H groups in total. The lowest BCUT2D eigenvalue weighted by Gasteiger charge is -2.06. The summed E-state index contributed by atoms with van der Waals surface area (Å²) in [7, 11) is 0. The van der Waals surface area contributed by atoms with E-state index in [2.05, 4.69) is 0 Å². The SMILES string of the molecule is Cc1ccc([C@H](C)C[N+](=O)[O-])cc1. The Morgan fingerprint density at radius 3 is 2.38 bits per heavy atom. The standard InChI is InChI=1S/C10H13NO2/c1-8-3-5-10(6-4-8)9(2)7-11(12)13/h3-6,9H,7H2,1-2H3/t9-/m1/s1. The summed E-state index contributed by atoms with van der Waals surface area (Å²) in [5, 5.41) is 10.3. The molecule has 0 unspecified atom stereocenters. The smallest absolute Gasteiger partial charge is 0.210 e. The molecular formula is C10H13NO2. The van der Waals surface area contributed by atoms with Crippen LogP contribution in [-0.2, 0) is 0 Å². The van der Waals surface area contributed by atoms with Gasteiger partial charge in [-0.1, -0.05) is 36.8 Å². The van der Waals surface area contributed by atoms with Crippen LogP contribution in [0, 0.1) is 17.0 Å². The van der Waals surface area contributed by atoms with Gasteiger partial charge in [-0.3, -0.25) is 10.1 Å². The molecule has 0 aliphatic rings. The summed E-state index contributed by atoms with van der Waals surface area (Å²) in [6.45, 7) is 3.87. The fourth-order valence-corrected chi connectivity index (χ4v) is 1.22. The van der Waals surface area contributed by atoms with E-state index in [0.717, 1.165) is 5.56 Å². The lowest BCUT2D eigenvalue weighted by atomic mass is 10.0. The zero-order valence-corrected chi connectivity index (χ0v) is 7.86. The van der Waals surface area contributed by atoms with Crippen LogP contribution in [0.3, 0.4) is 0 Å². The van der Waals surface area contributed by atoms with Crippen LogP contribution in [0.25, 0.3) is 0 Å². The molecule has 0 aliphatic heterocycles. The molecule has 1 aromatic rings. The van der Waals surface area contributed by atoms with Crippen molar-refractivity contribution in [3.05, 3.63) is 45.5 Å². The number of nitro groups is 1. The Bertz CT molecular complexity index is 292. The minimum absolute atomic E-state index is 0.00304. The Labute approximate surface area is 77.5 Å². The Kier molecular flexibility index (Phi) is 3.01. The molecule has 3 heteroatoms. The molecule has 70 valence electrons. The largest absolute Gasteiger partial charge is 0.265 e. The second-order valence-electron chi connectivity index (χ2n) is 3.33. The van der Waals surface area contributed by atoms with E-state index >= 15 is 0 Å². The highest BCUT2D eigenvalue weighted by atomic mass is 16.6. The quantitative estimate of drug-likeness (QED) is 0.528. The molecular weight excluding hydrogens is 166 g/mol. The first-order chi connectivity index (χ1) is 6.09. The molecule has 0 bridgehead atoms. The first-order valence-electron chi connectivity index (χ1n) is 4.28. The molecule has 0 fully saturated rings. The fraction of sp³-hybridized carbons (Fsp3) is 0.400. The fourth-order valence-electron chi connectivity index (χ4n) is 1.22. The summed E-state index contributed by atoms with van der Waals surface area (Å²) < 4.78 is 0. The molecule has 3 nitrogen and oxygen atoms in total. The lowest BCUT2D eigenvalue weighted by molar-refractivity contribution is -0.482. The maximum absolute atomic E-state index is 10.3. The Balaban J connectivity index is 2.71. The maximum Gasteiger partial charge on any atom is 0.210 e. The molecule has 0 aliphatic carbocycles. The van der Waals surface area contributed by atoms with Crippen molar-refractivity contribution >= 4 is 0 Å². The van der Waals surface area contributed by atoms with Crippen molar-refractivity contribution < 1.29 is 4.92 Å². The van der Waals surface area contributed by atoms with E-state index in [9.17, 15) is 10.1 Å². The molecule has 13 heavy (non-hydrogen) atoms. The van der Waals surface area contributed by atoms with Crippen LogP contribution in [0.4, 0.5) is 0 Å². The van der Waals surface area contributed by atoms with E-state index in [1.807, 2.05) is 38.1 Å². The van der Waals surface area contributed by atoms with E-state index < -0.39 is 0 Å². The van der Waals surface area contributed by atoms with Crippen molar-refractivity contribution in [1.82, 2.24) is 0 Å². The number of benzene rings is 1. The van der Waals surface area contributed by atoms with Gasteiger partial charge in [-0.15, -0.1) is 0 Å². The van der Waals surface area contributed by atoms with E-state index in [0.29, 0.717) is 0 Å². The highest BCUT2D eigenvalue weighted by molar-refractivity contribution is 5.23. The van der Waals surface area contributed by atoms with Crippen LogP contribution in [0.5, 0.6) is 0 Å². The van der Waals surface area contributed by atoms with Crippen LogP contribution in [-0.4, -0.2) is 11.5 Å². The Morgan fingerprint density at radius 2 is 1.92 bits per heavy atom. The van der Waals surface area contributed by atoms with Crippen LogP contribution in [0.1, 0.15) is 24.0 Å². The van der Waals surface area contributed by atoms with Crippen molar-refractivity contribution in [2.75, 3.05) is 6.54 Å². The van der Waals surface area contributed by atoms with Crippen LogP contribution >= 0.6 is 0 Å². The average molecular weight is 179 g/mol. The zero-order valence-electron chi connectivity index (χ0n) is 7.86. The monoisotopic (exact) mass is 179 g/mol. The summed E-state index contributed by atoms with van der Waals surface area (Å²) in [5.74, 6) is -0.00407. The highest BCUT2D eigenvalue weighted by Gasteiger charge is 2.10. The summed E-state index contributed by atoms with van der Waals surface area (Å²) in [5.41, 5.74) is 2.21. The topological polar surface area (TPSA) is 43.1 Å². The molecule has 1 atom stereocenters. The van der Waals surface area contributed by atoms with Gasteiger partial charge in [-0.25, -0.2) is 0 Å². The zero-order chi connectivity index (χ0) is 9.84. The average Bonchev–Trinajstić information content (AvgIpc) is 2.04. The number of hydrogen-bond donors (Lipinski definition) is 0.